The van der Waals surface area contributed by atoms with Crippen molar-refractivity contribution in [1.29, 1.82) is 0 Å². The van der Waals surface area contributed by atoms with E-state index in [-0.39, 0.29) is 0 Å². The molecule has 0 bridgehead atoms. The lowest BCUT2D eigenvalue weighted by atomic mass is 10.2. The quantitative estimate of drug-likeness (QED) is 0.866. The molecule has 0 radical (unpaired) electrons. The van der Waals surface area contributed by atoms with Gasteiger partial charge in [-0.3, -0.25) is 4.99 Å². The van der Waals surface area contributed by atoms with E-state index in [0.717, 1.165) is 24.7 Å². The number of nitrogens with one attached hydrogen (secondary N) is 1. The van der Waals surface area contributed by atoms with Crippen LogP contribution in [0.25, 0.3) is 0 Å². The SMILES string of the molecule is CC(C)CN1C(Nc2ccccc2)=NCC1C. The minimum Gasteiger partial charge on any atom is -0.338 e. The first-order valence-corrected chi connectivity index (χ1v) is 6.30. The molecule has 92 valence electrons. The van der Waals surface area contributed by atoms with Gasteiger partial charge in [0.25, 0.3) is 0 Å². The van der Waals surface area contributed by atoms with E-state index in [9.17, 15) is 0 Å². The van der Waals surface area contributed by atoms with Crippen LogP contribution in [-0.2, 0) is 0 Å². The second-order valence-corrected chi connectivity index (χ2v) is 5.05. The second kappa shape index (κ2) is 5.21. The Hall–Kier alpha value is -1.51. The summed E-state index contributed by atoms with van der Waals surface area (Å²) in [6, 6.07) is 10.7. The molecular weight excluding hydrogens is 210 g/mol. The lowest BCUT2D eigenvalue weighted by molar-refractivity contribution is 0.322. The van der Waals surface area contributed by atoms with Crippen molar-refractivity contribution in [1.82, 2.24) is 4.90 Å². The van der Waals surface area contributed by atoms with Crippen LogP contribution in [0.2, 0.25) is 0 Å². The van der Waals surface area contributed by atoms with E-state index in [4.69, 9.17) is 0 Å². The highest BCUT2D eigenvalue weighted by molar-refractivity contribution is 5.94. The highest BCUT2D eigenvalue weighted by atomic mass is 15.4. The number of guanidine groups is 1. The van der Waals surface area contributed by atoms with Gasteiger partial charge in [-0.05, 0) is 25.0 Å². The van der Waals surface area contributed by atoms with Gasteiger partial charge >= 0.3 is 0 Å². The van der Waals surface area contributed by atoms with Gasteiger partial charge < -0.3 is 10.2 Å². The number of hydrogen-bond acceptors (Lipinski definition) is 3. The van der Waals surface area contributed by atoms with Crippen LogP contribution in [0.15, 0.2) is 35.3 Å². The van der Waals surface area contributed by atoms with E-state index >= 15 is 0 Å². The summed E-state index contributed by atoms with van der Waals surface area (Å²) >= 11 is 0. The van der Waals surface area contributed by atoms with Crippen molar-refractivity contribution in [2.24, 2.45) is 10.9 Å². The third-order valence-electron chi connectivity index (χ3n) is 2.90. The van der Waals surface area contributed by atoms with Crippen LogP contribution in [-0.4, -0.2) is 30.0 Å². The number of hydrogen-bond donors (Lipinski definition) is 1. The predicted octanol–water partition coefficient (Wildman–Crippen LogP) is 2.81. The molecular formula is C14H21N3. The fourth-order valence-corrected chi connectivity index (χ4v) is 2.04. The van der Waals surface area contributed by atoms with Crippen molar-refractivity contribution in [3.8, 4) is 0 Å². The predicted molar refractivity (Wildman–Crippen MR) is 73.4 cm³/mol. The maximum absolute atomic E-state index is 4.58. The number of nitrogens with zero attached hydrogens (tertiary/aromatic N) is 2. The van der Waals surface area contributed by atoms with Crippen LogP contribution in [0, 0.1) is 5.92 Å². The van der Waals surface area contributed by atoms with Crippen LogP contribution in [0.4, 0.5) is 5.69 Å². The molecule has 0 aliphatic carbocycles. The molecule has 1 N–H and O–H groups in total. The fraction of sp³-hybridized carbons (Fsp3) is 0.500. The fourth-order valence-electron chi connectivity index (χ4n) is 2.04. The smallest absolute Gasteiger partial charge is 0.198 e. The van der Waals surface area contributed by atoms with Crippen LogP contribution in [0.5, 0.6) is 0 Å². The van der Waals surface area contributed by atoms with E-state index in [1.165, 1.54) is 0 Å². The Bertz CT molecular complexity index is 384. The summed E-state index contributed by atoms with van der Waals surface area (Å²) in [6.07, 6.45) is 0. The zero-order valence-corrected chi connectivity index (χ0v) is 10.9. The second-order valence-electron chi connectivity index (χ2n) is 5.05. The maximum atomic E-state index is 4.58. The molecule has 0 amide bonds. The van der Waals surface area contributed by atoms with E-state index in [2.05, 4.69) is 48.1 Å². The third kappa shape index (κ3) is 2.99. The van der Waals surface area contributed by atoms with Crippen LogP contribution in [0.3, 0.4) is 0 Å². The molecule has 1 aromatic rings. The van der Waals surface area contributed by atoms with E-state index in [1.54, 1.807) is 0 Å². The lowest BCUT2D eigenvalue weighted by Gasteiger charge is -2.27. The Labute approximate surface area is 104 Å². The summed E-state index contributed by atoms with van der Waals surface area (Å²) in [5, 5.41) is 3.40. The van der Waals surface area contributed by atoms with Gasteiger partial charge in [0.15, 0.2) is 5.96 Å². The zero-order valence-electron chi connectivity index (χ0n) is 10.9. The molecule has 1 atom stereocenters. The average molecular weight is 231 g/mol. The van der Waals surface area contributed by atoms with Gasteiger partial charge in [-0.15, -0.1) is 0 Å². The average Bonchev–Trinajstić information content (AvgIpc) is 2.62. The zero-order chi connectivity index (χ0) is 12.3. The molecule has 1 aliphatic rings. The van der Waals surface area contributed by atoms with Crippen molar-refractivity contribution in [2.75, 3.05) is 18.4 Å². The first-order valence-electron chi connectivity index (χ1n) is 6.30. The maximum Gasteiger partial charge on any atom is 0.198 e. The molecule has 0 fully saturated rings. The van der Waals surface area contributed by atoms with Gasteiger partial charge in [-0.1, -0.05) is 32.0 Å². The largest absolute Gasteiger partial charge is 0.338 e. The Balaban J connectivity index is 2.05. The van der Waals surface area contributed by atoms with Crippen molar-refractivity contribution in [3.63, 3.8) is 0 Å². The number of rotatable bonds is 3. The molecule has 1 aromatic carbocycles. The summed E-state index contributed by atoms with van der Waals surface area (Å²) in [6.45, 7) is 8.66. The van der Waals surface area contributed by atoms with Gasteiger partial charge in [0.1, 0.15) is 0 Å². The monoisotopic (exact) mass is 231 g/mol. The molecule has 0 saturated carbocycles. The lowest BCUT2D eigenvalue weighted by Crippen LogP contribution is -2.40. The van der Waals surface area contributed by atoms with Crippen molar-refractivity contribution >= 4 is 11.6 Å². The number of para-hydroxylation sites is 1. The summed E-state index contributed by atoms with van der Waals surface area (Å²) < 4.78 is 0. The molecule has 2 rings (SSSR count). The highest BCUT2D eigenvalue weighted by Gasteiger charge is 2.24. The van der Waals surface area contributed by atoms with E-state index < -0.39 is 0 Å². The Morgan fingerprint density at radius 3 is 2.71 bits per heavy atom. The summed E-state index contributed by atoms with van der Waals surface area (Å²) in [4.78, 5) is 6.94. The standard InChI is InChI=1S/C14H21N3/c1-11(2)10-17-12(3)9-15-14(17)16-13-7-5-4-6-8-13/h4-8,11-12H,9-10H2,1-3H3,(H,15,16). The number of aliphatic imine (C=N–C) groups is 1. The molecule has 17 heavy (non-hydrogen) atoms. The summed E-state index contributed by atoms with van der Waals surface area (Å²) in [7, 11) is 0. The van der Waals surface area contributed by atoms with Crippen molar-refractivity contribution in [2.45, 2.75) is 26.8 Å². The molecule has 1 unspecified atom stereocenters. The number of anilines is 1. The Morgan fingerprint density at radius 2 is 2.06 bits per heavy atom. The van der Waals surface area contributed by atoms with Gasteiger partial charge in [0.05, 0.1) is 6.54 Å². The van der Waals surface area contributed by atoms with E-state index in [1.807, 2.05) is 18.2 Å². The molecule has 1 aliphatic heterocycles. The van der Waals surface area contributed by atoms with Crippen LogP contribution in [0.1, 0.15) is 20.8 Å². The normalized spacial score (nSPS) is 19.6. The Morgan fingerprint density at radius 1 is 1.35 bits per heavy atom. The van der Waals surface area contributed by atoms with Gasteiger partial charge in [0, 0.05) is 18.3 Å². The highest BCUT2D eigenvalue weighted by Crippen LogP contribution is 2.15. The molecule has 3 nitrogen and oxygen atoms in total. The minimum atomic E-state index is 0.503. The molecule has 0 spiro atoms. The first kappa shape index (κ1) is 12.0. The van der Waals surface area contributed by atoms with Crippen LogP contribution < -0.4 is 5.32 Å². The first-order chi connectivity index (χ1) is 8.16. The van der Waals surface area contributed by atoms with Crippen molar-refractivity contribution < 1.29 is 0 Å². The molecule has 1 heterocycles. The third-order valence-corrected chi connectivity index (χ3v) is 2.90. The minimum absolute atomic E-state index is 0.503. The van der Waals surface area contributed by atoms with Crippen molar-refractivity contribution in [3.05, 3.63) is 30.3 Å². The Kier molecular flexibility index (Phi) is 3.67. The van der Waals surface area contributed by atoms with Crippen LogP contribution >= 0.6 is 0 Å². The van der Waals surface area contributed by atoms with Gasteiger partial charge in [0.2, 0.25) is 0 Å². The summed E-state index contributed by atoms with van der Waals surface area (Å²) in [5.41, 5.74) is 1.11. The topological polar surface area (TPSA) is 27.6 Å². The molecule has 0 saturated heterocycles. The molecule has 3 heteroatoms. The van der Waals surface area contributed by atoms with E-state index in [0.29, 0.717) is 12.0 Å². The number of benzene rings is 1. The van der Waals surface area contributed by atoms with Gasteiger partial charge in [-0.2, -0.15) is 0 Å². The van der Waals surface area contributed by atoms with Gasteiger partial charge in [-0.25, -0.2) is 0 Å². The molecule has 0 aromatic heterocycles. The summed E-state index contributed by atoms with van der Waals surface area (Å²) in [5.74, 6) is 1.66.